The Labute approximate surface area is 122 Å². The number of nitriles is 1. The van der Waals surface area contributed by atoms with Crippen molar-refractivity contribution in [2.24, 2.45) is 0 Å². The van der Waals surface area contributed by atoms with E-state index < -0.39 is 5.97 Å². The minimum absolute atomic E-state index is 0.0126. The molecule has 0 saturated carbocycles. The fraction of sp³-hybridized carbons (Fsp3) is 0.357. The van der Waals surface area contributed by atoms with Gasteiger partial charge in [-0.25, -0.2) is 0 Å². The van der Waals surface area contributed by atoms with E-state index in [9.17, 15) is 9.59 Å². The molecule has 0 atom stereocenters. The molecule has 0 fully saturated rings. The zero-order valence-electron chi connectivity index (χ0n) is 11.5. The number of hydrogen-bond donors (Lipinski definition) is 0. The Bertz CT molecular complexity index is 525. The van der Waals surface area contributed by atoms with Crippen LogP contribution in [0.2, 0.25) is 0 Å². The molecule has 0 aliphatic carbocycles. The molecule has 0 spiro atoms. The zero-order valence-corrected chi connectivity index (χ0v) is 12.3. The molecule has 0 aliphatic rings. The summed E-state index contributed by atoms with van der Waals surface area (Å²) in [6, 6.07) is 9.34. The molecule has 0 saturated heterocycles. The van der Waals surface area contributed by atoms with Gasteiger partial charge in [0.25, 0.3) is 0 Å². The van der Waals surface area contributed by atoms with Gasteiger partial charge >= 0.3 is 5.97 Å². The summed E-state index contributed by atoms with van der Waals surface area (Å²) in [5.74, 6) is -0.702. The molecule has 106 valence electrons. The quantitative estimate of drug-likeness (QED) is 0.457. The van der Waals surface area contributed by atoms with Gasteiger partial charge in [-0.2, -0.15) is 5.26 Å². The van der Waals surface area contributed by atoms with Crippen LogP contribution in [0.5, 0.6) is 0 Å². The number of anilines is 1. The van der Waals surface area contributed by atoms with Crippen LogP contribution in [0, 0.1) is 11.3 Å². The lowest BCUT2D eigenvalue weighted by Gasteiger charge is -2.21. The lowest BCUT2D eigenvalue weighted by Crippen LogP contribution is -2.32. The molecular formula is C14H16N2O3S. The number of carbonyl (C=O) groups is 2. The minimum Gasteiger partial charge on any atom is -0.469 e. The highest BCUT2D eigenvalue weighted by Crippen LogP contribution is 2.28. The van der Waals surface area contributed by atoms with Crippen molar-refractivity contribution in [1.82, 2.24) is 0 Å². The molecule has 5 nitrogen and oxygen atoms in total. The third kappa shape index (κ3) is 4.28. The van der Waals surface area contributed by atoms with Crippen LogP contribution in [0.15, 0.2) is 29.2 Å². The second-order valence-electron chi connectivity index (χ2n) is 3.89. The molecule has 0 aliphatic heterocycles. The number of methoxy groups -OCH3 is 1. The van der Waals surface area contributed by atoms with E-state index in [1.807, 2.05) is 30.5 Å². The normalized spacial score (nSPS) is 9.65. The Balaban J connectivity index is 2.91. The molecule has 0 N–H and O–H groups in total. The van der Waals surface area contributed by atoms with Gasteiger partial charge in [0.05, 0.1) is 25.3 Å². The van der Waals surface area contributed by atoms with Crippen LogP contribution in [0.25, 0.3) is 0 Å². The Morgan fingerprint density at radius 3 is 2.65 bits per heavy atom. The van der Waals surface area contributed by atoms with E-state index in [2.05, 4.69) is 4.74 Å². The van der Waals surface area contributed by atoms with Crippen molar-refractivity contribution in [3.8, 4) is 6.07 Å². The maximum absolute atomic E-state index is 12.2. The standard InChI is InChI=1S/C14H16N2O3S/c1-19-14(18)8-7-13(17)16(10-9-15)11-5-3-4-6-12(11)20-2/h3-6H,7-8,10H2,1-2H3. The van der Waals surface area contributed by atoms with Crippen LogP contribution < -0.4 is 4.90 Å². The van der Waals surface area contributed by atoms with Gasteiger partial charge in [0.2, 0.25) is 5.91 Å². The van der Waals surface area contributed by atoms with E-state index in [1.54, 1.807) is 6.07 Å². The molecule has 6 heteroatoms. The number of ether oxygens (including phenoxy) is 1. The number of hydrogen-bond acceptors (Lipinski definition) is 5. The number of thioether (sulfide) groups is 1. The fourth-order valence-corrected chi connectivity index (χ4v) is 2.28. The molecule has 1 amide bonds. The van der Waals surface area contributed by atoms with Gasteiger partial charge in [-0.05, 0) is 18.4 Å². The van der Waals surface area contributed by atoms with Gasteiger partial charge in [0.1, 0.15) is 6.54 Å². The van der Waals surface area contributed by atoms with E-state index >= 15 is 0 Å². The van der Waals surface area contributed by atoms with Crippen LogP contribution in [-0.2, 0) is 14.3 Å². The Morgan fingerprint density at radius 1 is 1.35 bits per heavy atom. The smallest absolute Gasteiger partial charge is 0.306 e. The fourth-order valence-electron chi connectivity index (χ4n) is 1.68. The van der Waals surface area contributed by atoms with Crippen molar-refractivity contribution in [3.05, 3.63) is 24.3 Å². The largest absolute Gasteiger partial charge is 0.469 e. The van der Waals surface area contributed by atoms with Gasteiger partial charge in [-0.3, -0.25) is 14.5 Å². The van der Waals surface area contributed by atoms with Crippen molar-refractivity contribution in [3.63, 3.8) is 0 Å². The van der Waals surface area contributed by atoms with E-state index in [1.165, 1.54) is 23.8 Å². The highest BCUT2D eigenvalue weighted by Gasteiger charge is 2.19. The average molecular weight is 292 g/mol. The van der Waals surface area contributed by atoms with Crippen LogP contribution in [0.3, 0.4) is 0 Å². The summed E-state index contributed by atoms with van der Waals surface area (Å²) >= 11 is 1.50. The minimum atomic E-state index is -0.437. The van der Waals surface area contributed by atoms with Crippen molar-refractivity contribution in [2.45, 2.75) is 17.7 Å². The van der Waals surface area contributed by atoms with Crippen LogP contribution in [-0.4, -0.2) is 31.8 Å². The molecule has 1 aromatic rings. The Hall–Kier alpha value is -2.00. The average Bonchev–Trinajstić information content (AvgIpc) is 2.49. The third-order valence-electron chi connectivity index (χ3n) is 2.68. The van der Waals surface area contributed by atoms with E-state index in [-0.39, 0.29) is 25.3 Å². The summed E-state index contributed by atoms with van der Waals surface area (Å²) in [6.07, 6.45) is 1.94. The predicted molar refractivity (Wildman–Crippen MR) is 77.4 cm³/mol. The van der Waals surface area contributed by atoms with E-state index in [4.69, 9.17) is 5.26 Å². The molecule has 0 heterocycles. The summed E-state index contributed by atoms with van der Waals surface area (Å²) < 4.78 is 4.51. The molecule has 0 radical (unpaired) electrons. The summed E-state index contributed by atoms with van der Waals surface area (Å²) in [6.45, 7) is -0.0441. The number of para-hydroxylation sites is 1. The van der Waals surface area contributed by atoms with Gasteiger partial charge in [0.15, 0.2) is 0 Å². The number of carbonyl (C=O) groups excluding carboxylic acids is 2. The lowest BCUT2D eigenvalue weighted by atomic mass is 10.2. The van der Waals surface area contributed by atoms with Crippen LogP contribution in [0.4, 0.5) is 5.69 Å². The number of amides is 1. The second kappa shape index (κ2) is 8.23. The van der Waals surface area contributed by atoms with Crippen LogP contribution in [0.1, 0.15) is 12.8 Å². The first kappa shape index (κ1) is 16.1. The number of rotatable bonds is 6. The van der Waals surface area contributed by atoms with Gasteiger partial charge in [-0.15, -0.1) is 11.8 Å². The van der Waals surface area contributed by atoms with Crippen LogP contribution >= 0.6 is 11.8 Å². The second-order valence-corrected chi connectivity index (χ2v) is 4.73. The maximum atomic E-state index is 12.2. The summed E-state index contributed by atoms with van der Waals surface area (Å²) in [5.41, 5.74) is 0.691. The lowest BCUT2D eigenvalue weighted by molar-refractivity contribution is -0.141. The molecule has 0 bridgehead atoms. The first-order valence-electron chi connectivity index (χ1n) is 6.01. The Kier molecular flexibility index (Phi) is 6.60. The zero-order chi connectivity index (χ0) is 15.0. The van der Waals surface area contributed by atoms with Gasteiger partial charge in [-0.1, -0.05) is 12.1 Å². The van der Waals surface area contributed by atoms with Gasteiger partial charge < -0.3 is 4.74 Å². The number of benzene rings is 1. The maximum Gasteiger partial charge on any atom is 0.306 e. The van der Waals surface area contributed by atoms with Crippen molar-refractivity contribution >= 4 is 29.3 Å². The molecular weight excluding hydrogens is 276 g/mol. The van der Waals surface area contributed by atoms with Gasteiger partial charge in [0, 0.05) is 11.3 Å². The molecule has 0 aromatic heterocycles. The summed E-state index contributed by atoms with van der Waals surface area (Å²) in [4.78, 5) is 25.6. The van der Waals surface area contributed by atoms with Crippen molar-refractivity contribution in [1.29, 1.82) is 5.26 Å². The first-order valence-corrected chi connectivity index (χ1v) is 7.23. The Morgan fingerprint density at radius 2 is 2.05 bits per heavy atom. The molecule has 20 heavy (non-hydrogen) atoms. The topological polar surface area (TPSA) is 70.4 Å². The number of esters is 1. The molecule has 1 aromatic carbocycles. The predicted octanol–water partition coefficient (Wildman–Crippen LogP) is 2.22. The number of nitrogens with zero attached hydrogens (tertiary/aromatic N) is 2. The SMILES string of the molecule is COC(=O)CCC(=O)N(CC#N)c1ccccc1SC. The van der Waals surface area contributed by atoms with E-state index in [0.29, 0.717) is 5.69 Å². The monoisotopic (exact) mass is 292 g/mol. The first-order chi connectivity index (χ1) is 9.63. The van der Waals surface area contributed by atoms with Crippen molar-refractivity contribution in [2.75, 3.05) is 24.8 Å². The molecule has 0 unspecified atom stereocenters. The van der Waals surface area contributed by atoms with E-state index in [0.717, 1.165) is 4.90 Å². The third-order valence-corrected chi connectivity index (χ3v) is 3.46. The summed E-state index contributed by atoms with van der Waals surface area (Å²) in [5, 5.41) is 8.89. The summed E-state index contributed by atoms with van der Waals surface area (Å²) in [7, 11) is 1.28. The highest BCUT2D eigenvalue weighted by molar-refractivity contribution is 7.98. The molecule has 1 rings (SSSR count). The van der Waals surface area contributed by atoms with Crippen molar-refractivity contribution < 1.29 is 14.3 Å². The highest BCUT2D eigenvalue weighted by atomic mass is 32.2.